The molecule has 1 aromatic heterocycles. The molecule has 0 unspecified atom stereocenters. The van der Waals surface area contributed by atoms with Gasteiger partial charge in [0.1, 0.15) is 18.0 Å². The van der Waals surface area contributed by atoms with E-state index >= 15 is 0 Å². The van der Waals surface area contributed by atoms with Crippen molar-refractivity contribution in [1.82, 2.24) is 25.0 Å². The first-order chi connectivity index (χ1) is 13.6. The molecular formula is C20H31FN6O. The molecule has 28 heavy (non-hydrogen) atoms. The molecule has 0 spiro atoms. The summed E-state index contributed by atoms with van der Waals surface area (Å²) in [5.74, 6) is 1.52. The van der Waals surface area contributed by atoms with Crippen LogP contribution in [0.2, 0.25) is 0 Å². The summed E-state index contributed by atoms with van der Waals surface area (Å²) in [4.78, 5) is 6.70. The molecule has 0 aliphatic heterocycles. The van der Waals surface area contributed by atoms with Gasteiger partial charge in [-0.1, -0.05) is 19.1 Å². The Labute approximate surface area is 166 Å². The number of rotatable bonds is 11. The van der Waals surface area contributed by atoms with Crippen LogP contribution in [0.3, 0.4) is 0 Å². The van der Waals surface area contributed by atoms with Gasteiger partial charge in [-0.05, 0) is 31.0 Å². The first kappa shape index (κ1) is 21.8. The van der Waals surface area contributed by atoms with Crippen LogP contribution in [0.5, 0.6) is 0 Å². The van der Waals surface area contributed by atoms with Gasteiger partial charge in [-0.3, -0.25) is 4.99 Å². The Balaban J connectivity index is 1.95. The molecule has 0 aliphatic carbocycles. The summed E-state index contributed by atoms with van der Waals surface area (Å²) in [6, 6.07) is 6.64. The molecule has 2 aromatic rings. The molecular weight excluding hydrogens is 359 g/mol. The first-order valence-corrected chi connectivity index (χ1v) is 9.82. The van der Waals surface area contributed by atoms with Crippen molar-refractivity contribution in [2.75, 3.05) is 33.4 Å². The summed E-state index contributed by atoms with van der Waals surface area (Å²) in [6.45, 7) is 8.15. The summed E-state index contributed by atoms with van der Waals surface area (Å²) < 4.78 is 20.9. The normalized spacial score (nSPS) is 11.6. The molecule has 7 nitrogen and oxygen atoms in total. The molecule has 0 saturated carbocycles. The van der Waals surface area contributed by atoms with Gasteiger partial charge in [0.2, 0.25) is 0 Å². The van der Waals surface area contributed by atoms with Gasteiger partial charge in [0.25, 0.3) is 0 Å². The fraction of sp³-hybridized carbons (Fsp3) is 0.550. The van der Waals surface area contributed by atoms with Crippen LogP contribution in [0.4, 0.5) is 4.39 Å². The average Bonchev–Trinajstić information content (AvgIpc) is 3.14. The lowest BCUT2D eigenvalue weighted by Crippen LogP contribution is -2.40. The van der Waals surface area contributed by atoms with Crippen LogP contribution in [-0.2, 0) is 24.2 Å². The minimum atomic E-state index is -0.228. The molecule has 1 heterocycles. The predicted molar refractivity (Wildman–Crippen MR) is 109 cm³/mol. The molecule has 0 radical (unpaired) electrons. The van der Waals surface area contributed by atoms with Crippen molar-refractivity contribution in [3.63, 3.8) is 0 Å². The van der Waals surface area contributed by atoms with Crippen molar-refractivity contribution in [3.05, 3.63) is 47.8 Å². The summed E-state index contributed by atoms with van der Waals surface area (Å²) in [5.41, 5.74) is 0.901. The number of benzene rings is 1. The Hall–Kier alpha value is -2.48. The minimum Gasteiger partial charge on any atom is -0.382 e. The Bertz CT molecular complexity index is 733. The maximum absolute atomic E-state index is 13.5. The maximum atomic E-state index is 13.5. The number of aryl methyl sites for hydroxylation is 1. The fourth-order valence-electron chi connectivity index (χ4n) is 2.82. The largest absolute Gasteiger partial charge is 0.382 e. The minimum absolute atomic E-state index is 0.228. The van der Waals surface area contributed by atoms with E-state index < -0.39 is 0 Å². The van der Waals surface area contributed by atoms with Crippen LogP contribution >= 0.6 is 0 Å². The lowest BCUT2D eigenvalue weighted by atomic mass is 10.2. The highest BCUT2D eigenvalue weighted by atomic mass is 19.1. The van der Waals surface area contributed by atoms with Gasteiger partial charge in [0.15, 0.2) is 5.96 Å². The fourth-order valence-corrected chi connectivity index (χ4v) is 2.82. The molecule has 8 heteroatoms. The van der Waals surface area contributed by atoms with Crippen molar-refractivity contribution in [2.45, 2.75) is 39.8 Å². The van der Waals surface area contributed by atoms with Crippen LogP contribution in [-0.4, -0.2) is 59.0 Å². The smallest absolute Gasteiger partial charge is 0.194 e. The van der Waals surface area contributed by atoms with Crippen LogP contribution in [0.1, 0.15) is 31.7 Å². The van der Waals surface area contributed by atoms with Crippen molar-refractivity contribution in [2.24, 2.45) is 4.99 Å². The predicted octanol–water partition coefficient (Wildman–Crippen LogP) is 2.48. The van der Waals surface area contributed by atoms with E-state index in [9.17, 15) is 4.39 Å². The quantitative estimate of drug-likeness (QED) is 0.363. The van der Waals surface area contributed by atoms with Crippen molar-refractivity contribution < 1.29 is 9.13 Å². The number of aliphatic imine (C=N–C) groups is 1. The highest BCUT2D eigenvalue weighted by Gasteiger charge is 2.09. The zero-order valence-corrected chi connectivity index (χ0v) is 17.1. The zero-order valence-electron chi connectivity index (χ0n) is 17.1. The number of hydrogen-bond donors (Lipinski definition) is 1. The van der Waals surface area contributed by atoms with E-state index in [2.05, 4.69) is 22.4 Å². The van der Waals surface area contributed by atoms with E-state index in [1.807, 2.05) is 29.5 Å². The second kappa shape index (κ2) is 12.1. The molecule has 0 saturated heterocycles. The Morgan fingerprint density at radius 2 is 2.21 bits per heavy atom. The van der Waals surface area contributed by atoms with E-state index in [-0.39, 0.29) is 5.82 Å². The number of hydrogen-bond acceptors (Lipinski definition) is 4. The summed E-state index contributed by atoms with van der Waals surface area (Å²) in [6.07, 6.45) is 3.45. The monoisotopic (exact) mass is 390 g/mol. The van der Waals surface area contributed by atoms with Gasteiger partial charge in [-0.15, -0.1) is 10.2 Å². The molecule has 1 N–H and O–H groups in total. The lowest BCUT2D eigenvalue weighted by molar-refractivity contribution is 0.146. The van der Waals surface area contributed by atoms with Crippen LogP contribution in [0, 0.1) is 5.82 Å². The molecule has 0 bridgehead atoms. The molecule has 1 aromatic carbocycles. The number of halogens is 1. The first-order valence-electron chi connectivity index (χ1n) is 9.82. The molecule has 0 aliphatic rings. The van der Waals surface area contributed by atoms with Crippen molar-refractivity contribution in [3.8, 4) is 0 Å². The van der Waals surface area contributed by atoms with E-state index in [4.69, 9.17) is 9.73 Å². The van der Waals surface area contributed by atoms with E-state index in [0.29, 0.717) is 32.8 Å². The third kappa shape index (κ3) is 7.26. The van der Waals surface area contributed by atoms with Gasteiger partial charge < -0.3 is 19.5 Å². The number of nitrogens with zero attached hydrogens (tertiary/aromatic N) is 5. The highest BCUT2D eigenvalue weighted by molar-refractivity contribution is 5.79. The maximum Gasteiger partial charge on any atom is 0.194 e. The number of ether oxygens (including phenoxy) is 1. The Kier molecular flexibility index (Phi) is 9.41. The third-order valence-corrected chi connectivity index (χ3v) is 4.23. The van der Waals surface area contributed by atoms with Crippen LogP contribution < -0.4 is 5.32 Å². The van der Waals surface area contributed by atoms with E-state index in [1.54, 1.807) is 18.5 Å². The Morgan fingerprint density at radius 3 is 2.96 bits per heavy atom. The lowest BCUT2D eigenvalue weighted by Gasteiger charge is -2.23. The van der Waals surface area contributed by atoms with Gasteiger partial charge >= 0.3 is 0 Å². The van der Waals surface area contributed by atoms with Gasteiger partial charge in [0.05, 0.1) is 0 Å². The van der Waals surface area contributed by atoms with Gasteiger partial charge in [0, 0.05) is 52.9 Å². The van der Waals surface area contributed by atoms with Crippen molar-refractivity contribution >= 4 is 5.96 Å². The number of guanidine groups is 1. The zero-order chi connectivity index (χ0) is 20.2. The Morgan fingerprint density at radius 1 is 1.36 bits per heavy atom. The topological polar surface area (TPSA) is 67.6 Å². The van der Waals surface area contributed by atoms with Crippen LogP contribution in [0.15, 0.2) is 35.6 Å². The standard InChI is InChI=1S/C20H31FN6O/c1-4-19-25-24-16-27(19)12-11-23-20(22-10-7-13-28-5-2)26(3)15-17-8-6-9-18(21)14-17/h6,8-9,14,16H,4-5,7,10-13,15H2,1-3H3,(H,22,23). The molecule has 0 amide bonds. The van der Waals surface area contributed by atoms with E-state index in [0.717, 1.165) is 36.7 Å². The van der Waals surface area contributed by atoms with Gasteiger partial charge in [-0.25, -0.2) is 4.39 Å². The van der Waals surface area contributed by atoms with Gasteiger partial charge in [-0.2, -0.15) is 0 Å². The number of aromatic nitrogens is 3. The second-order valence-corrected chi connectivity index (χ2v) is 6.46. The summed E-state index contributed by atoms with van der Waals surface area (Å²) in [7, 11) is 1.95. The summed E-state index contributed by atoms with van der Waals surface area (Å²) in [5, 5.41) is 11.5. The summed E-state index contributed by atoms with van der Waals surface area (Å²) >= 11 is 0. The van der Waals surface area contributed by atoms with E-state index in [1.165, 1.54) is 6.07 Å². The third-order valence-electron chi connectivity index (χ3n) is 4.23. The highest BCUT2D eigenvalue weighted by Crippen LogP contribution is 2.06. The SMILES string of the molecule is CCOCCCN=C(NCCn1cnnc1CC)N(C)Cc1cccc(F)c1. The second-order valence-electron chi connectivity index (χ2n) is 6.46. The van der Waals surface area contributed by atoms with Crippen molar-refractivity contribution in [1.29, 1.82) is 0 Å². The molecule has 0 fully saturated rings. The average molecular weight is 391 g/mol. The number of nitrogens with one attached hydrogen (secondary N) is 1. The molecule has 0 atom stereocenters. The molecule has 2 rings (SSSR count). The van der Waals surface area contributed by atoms with Crippen LogP contribution in [0.25, 0.3) is 0 Å². The molecule has 154 valence electrons.